The summed E-state index contributed by atoms with van der Waals surface area (Å²) in [4.78, 5) is 14.8. The van der Waals surface area contributed by atoms with Crippen molar-refractivity contribution in [2.75, 3.05) is 13.6 Å². The second-order valence-electron chi connectivity index (χ2n) is 3.96. The Labute approximate surface area is 105 Å². The van der Waals surface area contributed by atoms with Crippen molar-refractivity contribution in [3.63, 3.8) is 0 Å². The first-order valence-corrected chi connectivity index (χ1v) is 6.60. The first-order valence-electron chi connectivity index (χ1n) is 5.34. The van der Waals surface area contributed by atoms with Crippen LogP contribution in [-0.2, 0) is 4.79 Å². The molecule has 1 heterocycles. The molecule has 0 saturated carbocycles. The summed E-state index contributed by atoms with van der Waals surface area (Å²) in [5.74, 6) is 0.242. The number of amides is 1. The number of rotatable bonds is 2. The summed E-state index contributed by atoms with van der Waals surface area (Å²) in [6.07, 6.45) is 2.06. The van der Waals surface area contributed by atoms with Crippen LogP contribution in [0.5, 0.6) is 0 Å². The molecule has 2 nitrogen and oxygen atoms in total. The first-order chi connectivity index (χ1) is 7.66. The van der Waals surface area contributed by atoms with Crippen molar-refractivity contribution in [2.24, 2.45) is 0 Å². The fourth-order valence-corrected chi connectivity index (χ4v) is 3.09. The van der Waals surface area contributed by atoms with E-state index in [4.69, 9.17) is 11.6 Å². The summed E-state index contributed by atoms with van der Waals surface area (Å²) < 4.78 is 0. The summed E-state index contributed by atoms with van der Waals surface area (Å²) in [7, 11) is 1.87. The molecule has 16 heavy (non-hydrogen) atoms. The Kier molecular flexibility index (Phi) is 3.77. The summed E-state index contributed by atoms with van der Waals surface area (Å²) >= 11 is 7.46. The average molecular weight is 256 g/mol. The van der Waals surface area contributed by atoms with Gasteiger partial charge >= 0.3 is 0 Å². The minimum Gasteiger partial charge on any atom is -0.345 e. The lowest BCUT2D eigenvalue weighted by molar-refractivity contribution is -0.131. The highest BCUT2D eigenvalue weighted by Crippen LogP contribution is 2.30. The number of carbonyl (C=O) groups is 1. The molecule has 86 valence electrons. The Morgan fingerprint density at radius 3 is 2.75 bits per heavy atom. The van der Waals surface area contributed by atoms with Crippen LogP contribution in [0.15, 0.2) is 29.2 Å². The molecule has 1 amide bonds. The van der Waals surface area contributed by atoms with Crippen LogP contribution >= 0.6 is 23.4 Å². The van der Waals surface area contributed by atoms with E-state index < -0.39 is 0 Å². The van der Waals surface area contributed by atoms with Crippen molar-refractivity contribution in [3.8, 4) is 0 Å². The van der Waals surface area contributed by atoms with Gasteiger partial charge in [0.15, 0.2) is 0 Å². The van der Waals surface area contributed by atoms with Gasteiger partial charge < -0.3 is 4.90 Å². The number of hydrogen-bond acceptors (Lipinski definition) is 2. The Balaban J connectivity index is 2.03. The number of halogens is 1. The molecule has 1 unspecified atom stereocenters. The number of benzene rings is 1. The average Bonchev–Trinajstić information content (AvgIpc) is 2.28. The second-order valence-corrected chi connectivity index (χ2v) is 5.68. The molecular formula is C12H14ClNOS. The molecule has 4 heteroatoms. The third kappa shape index (κ3) is 2.71. The molecule has 1 aromatic rings. The van der Waals surface area contributed by atoms with Gasteiger partial charge in [0, 0.05) is 23.5 Å². The highest BCUT2D eigenvalue weighted by atomic mass is 35.5. The first kappa shape index (κ1) is 11.8. The molecule has 1 fully saturated rings. The molecule has 0 aliphatic carbocycles. The maximum Gasteiger partial charge on any atom is 0.235 e. The number of likely N-dealkylation sites (tertiary alicyclic amines) is 1. The molecular weight excluding hydrogens is 242 g/mol. The third-order valence-corrected chi connectivity index (χ3v) is 4.22. The van der Waals surface area contributed by atoms with Gasteiger partial charge in [-0.15, -0.1) is 11.8 Å². The van der Waals surface area contributed by atoms with E-state index in [1.807, 2.05) is 36.2 Å². The lowest BCUT2D eigenvalue weighted by Gasteiger charge is -2.28. The SMILES string of the molecule is CN1CCCC(Sc2ccc(Cl)cc2)C1=O. The van der Waals surface area contributed by atoms with Gasteiger partial charge in [-0.25, -0.2) is 0 Å². The zero-order valence-electron chi connectivity index (χ0n) is 9.15. The van der Waals surface area contributed by atoms with Crippen molar-refractivity contribution < 1.29 is 4.79 Å². The van der Waals surface area contributed by atoms with Gasteiger partial charge in [-0.1, -0.05) is 11.6 Å². The molecule has 1 atom stereocenters. The van der Waals surface area contributed by atoms with E-state index in [0.29, 0.717) is 0 Å². The van der Waals surface area contributed by atoms with E-state index in [0.717, 1.165) is 29.3 Å². The van der Waals surface area contributed by atoms with Crippen molar-refractivity contribution in [2.45, 2.75) is 23.0 Å². The summed E-state index contributed by atoms with van der Waals surface area (Å²) in [6, 6.07) is 7.66. The molecule has 0 spiro atoms. The van der Waals surface area contributed by atoms with Crippen molar-refractivity contribution in [1.82, 2.24) is 4.90 Å². The lowest BCUT2D eigenvalue weighted by atomic mass is 10.1. The predicted octanol–water partition coefficient (Wildman–Crippen LogP) is 3.05. The number of thioether (sulfide) groups is 1. The summed E-state index contributed by atoms with van der Waals surface area (Å²) in [5.41, 5.74) is 0. The standard InChI is InChI=1S/C12H14ClNOS/c1-14-8-2-3-11(12(14)15)16-10-6-4-9(13)5-7-10/h4-7,11H,2-3,8H2,1H3. The molecule has 1 aliphatic rings. The van der Waals surface area contributed by atoms with Crippen LogP contribution < -0.4 is 0 Å². The van der Waals surface area contributed by atoms with E-state index in [2.05, 4.69) is 0 Å². The monoisotopic (exact) mass is 255 g/mol. The van der Waals surface area contributed by atoms with Crippen LogP contribution in [0.4, 0.5) is 0 Å². The predicted molar refractivity (Wildman–Crippen MR) is 68.0 cm³/mol. The van der Waals surface area contributed by atoms with Crippen LogP contribution in [0, 0.1) is 0 Å². The van der Waals surface area contributed by atoms with Crippen LogP contribution in [0.25, 0.3) is 0 Å². The number of carbonyl (C=O) groups excluding carboxylic acids is 1. The molecule has 1 aliphatic heterocycles. The normalized spacial score (nSPS) is 21.2. The van der Waals surface area contributed by atoms with E-state index in [-0.39, 0.29) is 11.2 Å². The van der Waals surface area contributed by atoms with Crippen molar-refractivity contribution in [3.05, 3.63) is 29.3 Å². The molecule has 0 radical (unpaired) electrons. The molecule has 0 N–H and O–H groups in total. The maximum absolute atomic E-state index is 11.9. The molecule has 1 aromatic carbocycles. The second kappa shape index (κ2) is 5.11. The Morgan fingerprint density at radius 2 is 2.06 bits per heavy atom. The van der Waals surface area contributed by atoms with E-state index in [9.17, 15) is 4.79 Å². The molecule has 0 bridgehead atoms. The third-order valence-electron chi connectivity index (χ3n) is 2.70. The van der Waals surface area contributed by atoms with Gasteiger partial charge in [-0.05, 0) is 37.1 Å². The zero-order valence-corrected chi connectivity index (χ0v) is 10.7. The van der Waals surface area contributed by atoms with Crippen LogP contribution in [0.1, 0.15) is 12.8 Å². The van der Waals surface area contributed by atoms with Gasteiger partial charge in [0.05, 0.1) is 5.25 Å². The Hall–Kier alpha value is -0.670. The van der Waals surface area contributed by atoms with E-state index in [1.54, 1.807) is 11.8 Å². The fourth-order valence-electron chi connectivity index (χ4n) is 1.78. The minimum atomic E-state index is 0.0694. The quantitative estimate of drug-likeness (QED) is 0.810. The fraction of sp³-hybridized carbons (Fsp3) is 0.417. The van der Waals surface area contributed by atoms with Crippen molar-refractivity contribution >= 4 is 29.3 Å². The highest BCUT2D eigenvalue weighted by molar-refractivity contribution is 8.00. The Bertz CT molecular complexity index is 379. The molecule has 0 aromatic heterocycles. The minimum absolute atomic E-state index is 0.0694. The molecule has 2 rings (SSSR count). The van der Waals surface area contributed by atoms with E-state index in [1.165, 1.54) is 0 Å². The van der Waals surface area contributed by atoms with Gasteiger partial charge in [0.2, 0.25) is 5.91 Å². The van der Waals surface area contributed by atoms with Gasteiger partial charge in [0.1, 0.15) is 0 Å². The Morgan fingerprint density at radius 1 is 1.38 bits per heavy atom. The van der Waals surface area contributed by atoms with Crippen LogP contribution in [0.2, 0.25) is 5.02 Å². The zero-order chi connectivity index (χ0) is 11.5. The number of nitrogens with zero attached hydrogens (tertiary/aromatic N) is 1. The van der Waals surface area contributed by atoms with Crippen LogP contribution in [-0.4, -0.2) is 29.6 Å². The van der Waals surface area contributed by atoms with Gasteiger partial charge in [-0.3, -0.25) is 4.79 Å². The summed E-state index contributed by atoms with van der Waals surface area (Å²) in [5, 5.41) is 0.802. The lowest BCUT2D eigenvalue weighted by Crippen LogP contribution is -2.39. The topological polar surface area (TPSA) is 20.3 Å². The van der Waals surface area contributed by atoms with Crippen LogP contribution in [0.3, 0.4) is 0 Å². The number of piperidine rings is 1. The van der Waals surface area contributed by atoms with Gasteiger partial charge in [0.25, 0.3) is 0 Å². The van der Waals surface area contributed by atoms with E-state index >= 15 is 0 Å². The van der Waals surface area contributed by atoms with Gasteiger partial charge in [-0.2, -0.15) is 0 Å². The number of hydrogen-bond donors (Lipinski definition) is 0. The molecule has 1 saturated heterocycles. The highest BCUT2D eigenvalue weighted by Gasteiger charge is 2.26. The maximum atomic E-state index is 11.9. The summed E-state index contributed by atoms with van der Waals surface area (Å²) in [6.45, 7) is 0.885. The largest absolute Gasteiger partial charge is 0.345 e. The smallest absolute Gasteiger partial charge is 0.235 e. The van der Waals surface area contributed by atoms with Crippen molar-refractivity contribution in [1.29, 1.82) is 0 Å².